The number of hydroxylamine groups is 1. The lowest BCUT2D eigenvalue weighted by atomic mass is 9.89. The van der Waals surface area contributed by atoms with Crippen molar-refractivity contribution in [1.82, 2.24) is 14.7 Å². The first-order valence-electron chi connectivity index (χ1n) is 9.86. The monoisotopic (exact) mass is 467 g/mol. The molecule has 0 bridgehead atoms. The average Bonchev–Trinajstić information content (AvgIpc) is 2.77. The molecule has 1 unspecified atom stereocenters. The molecule has 1 saturated heterocycles. The molecular weight excluding hydrogens is 442 g/mol. The third kappa shape index (κ3) is 5.55. The number of halogens is 1. The molecule has 8 nitrogen and oxygen atoms in total. The van der Waals surface area contributed by atoms with Gasteiger partial charge in [0.1, 0.15) is 17.5 Å². The molecule has 2 N–H and O–H groups in total. The summed E-state index contributed by atoms with van der Waals surface area (Å²) in [5, 5.41) is 9.80. The van der Waals surface area contributed by atoms with Gasteiger partial charge in [-0.2, -0.15) is 4.31 Å². The number of likely N-dealkylation sites (tertiary alicyclic amines) is 1. The summed E-state index contributed by atoms with van der Waals surface area (Å²) in [6.07, 6.45) is 1.31. The Morgan fingerprint density at radius 2 is 1.65 bits per heavy atom. The van der Waals surface area contributed by atoms with E-state index in [-0.39, 0.29) is 10.8 Å². The summed E-state index contributed by atoms with van der Waals surface area (Å²) in [4.78, 5) is 14.5. The van der Waals surface area contributed by atoms with Gasteiger partial charge in [-0.15, -0.1) is 0 Å². The highest BCUT2D eigenvalue weighted by Gasteiger charge is 2.39. The van der Waals surface area contributed by atoms with E-state index in [4.69, 9.17) is 16.3 Å². The first-order valence-corrected chi connectivity index (χ1v) is 11.7. The zero-order valence-corrected chi connectivity index (χ0v) is 18.9. The van der Waals surface area contributed by atoms with Gasteiger partial charge in [0.15, 0.2) is 0 Å². The highest BCUT2D eigenvalue weighted by atomic mass is 35.5. The molecular formula is C21H26ClN3O5S. The number of carbonyl (C=O) groups excluding carboxylic acids is 1. The molecule has 2 aromatic rings. The number of hydrogen-bond donors (Lipinski definition) is 2. The quantitative estimate of drug-likeness (QED) is 0.479. The average molecular weight is 468 g/mol. The number of carbonyl (C=O) groups is 1. The summed E-state index contributed by atoms with van der Waals surface area (Å²) in [7, 11) is -0.632. The van der Waals surface area contributed by atoms with Crippen molar-refractivity contribution in [1.29, 1.82) is 0 Å². The van der Waals surface area contributed by atoms with E-state index in [1.807, 2.05) is 7.05 Å². The second-order valence-corrected chi connectivity index (χ2v) is 10.0. The molecule has 0 radical (unpaired) electrons. The summed E-state index contributed by atoms with van der Waals surface area (Å²) >= 11 is 5.86. The highest BCUT2D eigenvalue weighted by Crippen LogP contribution is 2.29. The molecule has 0 saturated carbocycles. The van der Waals surface area contributed by atoms with Crippen LogP contribution in [0.4, 0.5) is 0 Å². The summed E-state index contributed by atoms with van der Waals surface area (Å²) < 4.78 is 33.2. The SMILES string of the molecule is CN1CCC(C(C(=O)NO)N(C)S(=O)(=O)c2ccc(Oc3ccc(Cl)cc3)cc2)CC1. The van der Waals surface area contributed by atoms with E-state index in [0.717, 1.165) is 17.4 Å². The third-order valence-corrected chi connectivity index (χ3v) is 7.64. The molecule has 0 aromatic heterocycles. The first kappa shape index (κ1) is 23.5. The van der Waals surface area contributed by atoms with Crippen molar-refractivity contribution in [3.05, 3.63) is 53.6 Å². The van der Waals surface area contributed by atoms with E-state index in [1.54, 1.807) is 41.9 Å². The second kappa shape index (κ2) is 9.97. The third-order valence-electron chi connectivity index (χ3n) is 5.53. The van der Waals surface area contributed by atoms with Crippen LogP contribution in [0.1, 0.15) is 12.8 Å². The van der Waals surface area contributed by atoms with Gasteiger partial charge in [-0.25, -0.2) is 13.9 Å². The van der Waals surface area contributed by atoms with Crippen LogP contribution in [-0.4, -0.2) is 62.0 Å². The Labute approximate surface area is 187 Å². The van der Waals surface area contributed by atoms with Crippen LogP contribution in [0.3, 0.4) is 0 Å². The summed E-state index contributed by atoms with van der Waals surface area (Å²) in [5.74, 6) is 0.0990. The molecule has 2 aromatic carbocycles. The molecule has 1 atom stereocenters. The molecule has 10 heteroatoms. The first-order chi connectivity index (χ1) is 14.7. The van der Waals surface area contributed by atoms with Gasteiger partial charge < -0.3 is 9.64 Å². The fraction of sp³-hybridized carbons (Fsp3) is 0.381. The number of sulfonamides is 1. The molecule has 1 aliphatic heterocycles. The van der Waals surface area contributed by atoms with E-state index in [0.29, 0.717) is 29.4 Å². The Kier molecular flexibility index (Phi) is 7.55. The van der Waals surface area contributed by atoms with Gasteiger partial charge >= 0.3 is 0 Å². The van der Waals surface area contributed by atoms with Gasteiger partial charge in [0, 0.05) is 12.1 Å². The Balaban J connectivity index is 1.79. The predicted molar refractivity (Wildman–Crippen MR) is 117 cm³/mol. The number of ether oxygens (including phenoxy) is 1. The Morgan fingerprint density at radius 1 is 1.13 bits per heavy atom. The van der Waals surface area contributed by atoms with Gasteiger partial charge in [0.05, 0.1) is 4.90 Å². The summed E-state index contributed by atoms with van der Waals surface area (Å²) in [6, 6.07) is 11.8. The largest absolute Gasteiger partial charge is 0.457 e. The zero-order chi connectivity index (χ0) is 22.6. The number of likely N-dealkylation sites (N-methyl/N-ethyl adjacent to an activating group) is 1. The molecule has 31 heavy (non-hydrogen) atoms. The highest BCUT2D eigenvalue weighted by molar-refractivity contribution is 7.89. The van der Waals surface area contributed by atoms with E-state index in [2.05, 4.69) is 4.90 Å². The molecule has 1 amide bonds. The summed E-state index contributed by atoms with van der Waals surface area (Å²) in [5.41, 5.74) is 1.63. The minimum Gasteiger partial charge on any atom is -0.457 e. The van der Waals surface area contributed by atoms with Crippen molar-refractivity contribution in [3.8, 4) is 11.5 Å². The van der Waals surface area contributed by atoms with Crippen molar-refractivity contribution in [2.75, 3.05) is 27.2 Å². The number of hydrogen-bond acceptors (Lipinski definition) is 6. The van der Waals surface area contributed by atoms with E-state index >= 15 is 0 Å². The van der Waals surface area contributed by atoms with Gasteiger partial charge in [0.2, 0.25) is 10.0 Å². The number of nitrogens with zero attached hydrogens (tertiary/aromatic N) is 2. The van der Waals surface area contributed by atoms with Gasteiger partial charge in [0.25, 0.3) is 5.91 Å². The number of piperidine rings is 1. The Hall–Kier alpha value is -2.17. The topological polar surface area (TPSA) is 99.2 Å². The maximum atomic E-state index is 13.2. The maximum Gasteiger partial charge on any atom is 0.262 e. The van der Waals surface area contributed by atoms with Crippen molar-refractivity contribution in [2.24, 2.45) is 5.92 Å². The van der Waals surface area contributed by atoms with Crippen LogP contribution in [0, 0.1) is 5.92 Å². The minimum atomic E-state index is -3.98. The van der Waals surface area contributed by atoms with Crippen LogP contribution in [-0.2, 0) is 14.8 Å². The van der Waals surface area contributed by atoms with Crippen LogP contribution in [0.5, 0.6) is 11.5 Å². The fourth-order valence-corrected chi connectivity index (χ4v) is 5.23. The van der Waals surface area contributed by atoms with E-state index in [1.165, 1.54) is 19.2 Å². The Morgan fingerprint density at radius 3 is 2.16 bits per heavy atom. The molecule has 0 spiro atoms. The number of benzene rings is 2. The summed E-state index contributed by atoms with van der Waals surface area (Å²) in [6.45, 7) is 1.51. The van der Waals surface area contributed by atoms with Crippen molar-refractivity contribution in [3.63, 3.8) is 0 Å². The number of amides is 1. The fourth-order valence-electron chi connectivity index (χ4n) is 3.72. The van der Waals surface area contributed by atoms with Crippen LogP contribution in [0.2, 0.25) is 5.02 Å². The van der Waals surface area contributed by atoms with Crippen LogP contribution in [0.15, 0.2) is 53.4 Å². The maximum absolute atomic E-state index is 13.2. The van der Waals surface area contributed by atoms with Crippen LogP contribution < -0.4 is 10.2 Å². The van der Waals surface area contributed by atoms with Crippen LogP contribution in [0.25, 0.3) is 0 Å². The van der Waals surface area contributed by atoms with E-state index in [9.17, 15) is 18.4 Å². The minimum absolute atomic E-state index is 0.0297. The Bertz CT molecular complexity index is 991. The predicted octanol–water partition coefficient (Wildman–Crippen LogP) is 2.97. The van der Waals surface area contributed by atoms with E-state index < -0.39 is 22.0 Å². The van der Waals surface area contributed by atoms with Crippen molar-refractivity contribution < 1.29 is 23.2 Å². The molecule has 1 fully saturated rings. The van der Waals surface area contributed by atoms with Gasteiger partial charge in [-0.3, -0.25) is 10.0 Å². The number of rotatable bonds is 7. The van der Waals surface area contributed by atoms with Crippen molar-refractivity contribution in [2.45, 2.75) is 23.8 Å². The number of nitrogens with one attached hydrogen (secondary N) is 1. The standard InChI is InChI=1S/C21H26ClN3O5S/c1-24-13-11-15(12-14-24)20(21(26)23-27)25(2)31(28,29)19-9-7-18(8-10-19)30-17-5-3-16(22)4-6-17/h3-10,15,20,27H,11-14H2,1-2H3,(H,23,26). The molecule has 0 aliphatic carbocycles. The van der Waals surface area contributed by atoms with Gasteiger partial charge in [-0.1, -0.05) is 11.6 Å². The van der Waals surface area contributed by atoms with Crippen LogP contribution >= 0.6 is 11.6 Å². The molecule has 168 valence electrons. The normalized spacial score (nSPS) is 16.8. The lowest BCUT2D eigenvalue weighted by Gasteiger charge is -2.36. The lowest BCUT2D eigenvalue weighted by Crippen LogP contribution is -2.53. The molecule has 1 heterocycles. The lowest BCUT2D eigenvalue weighted by molar-refractivity contribution is -0.135. The second-order valence-electron chi connectivity index (χ2n) is 7.61. The zero-order valence-electron chi connectivity index (χ0n) is 17.4. The smallest absolute Gasteiger partial charge is 0.262 e. The van der Waals surface area contributed by atoms with Gasteiger partial charge in [-0.05, 0) is 87.4 Å². The molecule has 1 aliphatic rings. The molecule has 3 rings (SSSR count). The van der Waals surface area contributed by atoms with Crippen molar-refractivity contribution >= 4 is 27.5 Å².